The summed E-state index contributed by atoms with van der Waals surface area (Å²) in [6, 6.07) is -1.26. The first-order chi connectivity index (χ1) is 21.6. The van der Waals surface area contributed by atoms with Gasteiger partial charge in [0.25, 0.3) is 5.91 Å². The third-order valence-corrected chi connectivity index (χ3v) is 8.71. The molecule has 1 spiro atoms. The number of carbonyl (C=O) groups is 4. The molecule has 17 heteroatoms. The number of aliphatic hydroxyl groups excluding tert-OH is 3. The van der Waals surface area contributed by atoms with Crippen LogP contribution in [0.25, 0.3) is 0 Å². The normalized spacial score (nSPS) is 30.1. The monoisotopic (exact) mass is 654 g/mol. The lowest BCUT2D eigenvalue weighted by Gasteiger charge is -2.49. The number of hydrogen-bond donors (Lipinski definition) is 7. The molecule has 0 aliphatic carbocycles. The second kappa shape index (κ2) is 14.2. The predicted molar refractivity (Wildman–Crippen MR) is 159 cm³/mol. The molecule has 0 unspecified atom stereocenters. The standard InChI is InChI=1S/C29H46N6O11/c1-17(36)33-21-19(37)11-29(25(41)42,45-23(21)22(39)20(38)14-30-24(40)18-12-31-32-13-18)6-8-35-9-10-44-16-28(35)5-7-34(15-28)26(43)46-27(2,3)4/h12-13,19-23,37-39H,5-11,14-16H2,1-4H3,(H,30,40)(H,31,32)(H,33,36)(H,41,42)/t19-,20+,21+,22+,23+,28-,29+/m0/s1. The van der Waals surface area contributed by atoms with Crippen LogP contribution in [0.2, 0.25) is 0 Å². The maximum atomic E-state index is 12.8. The third-order valence-electron chi connectivity index (χ3n) is 8.71. The van der Waals surface area contributed by atoms with E-state index in [9.17, 15) is 39.6 Å². The van der Waals surface area contributed by atoms with Crippen LogP contribution in [0, 0.1) is 0 Å². The quantitative estimate of drug-likeness (QED) is 0.151. The molecule has 3 saturated heterocycles. The first kappa shape index (κ1) is 35.5. The van der Waals surface area contributed by atoms with Gasteiger partial charge in [-0.15, -0.1) is 0 Å². The van der Waals surface area contributed by atoms with E-state index in [1.54, 1.807) is 25.7 Å². The van der Waals surface area contributed by atoms with Crippen molar-refractivity contribution in [2.24, 2.45) is 0 Å². The SMILES string of the molecule is CC(=O)N[C@H]1[C@H]([C@H](O)[C@H](O)CNC(=O)c2cn[nH]c2)O[C@@](CCN2CCOC[C@@]23CCN(C(=O)OC(C)(C)C)C3)(C(=O)O)C[C@@H]1O. The van der Waals surface area contributed by atoms with E-state index in [1.165, 1.54) is 19.3 Å². The first-order valence-electron chi connectivity index (χ1n) is 15.4. The van der Waals surface area contributed by atoms with Crippen molar-refractivity contribution >= 4 is 23.9 Å². The van der Waals surface area contributed by atoms with Crippen LogP contribution in [0.5, 0.6) is 0 Å². The zero-order valence-electron chi connectivity index (χ0n) is 26.6. The Balaban J connectivity index is 1.50. The fraction of sp³-hybridized carbons (Fsp3) is 0.759. The van der Waals surface area contributed by atoms with Crippen LogP contribution >= 0.6 is 0 Å². The molecule has 3 fully saturated rings. The molecule has 4 heterocycles. The number of aliphatic carboxylic acids is 1. The van der Waals surface area contributed by atoms with E-state index in [0.29, 0.717) is 39.3 Å². The number of H-pyrrole nitrogens is 1. The first-order valence-corrected chi connectivity index (χ1v) is 15.4. The van der Waals surface area contributed by atoms with E-state index in [4.69, 9.17) is 14.2 Å². The van der Waals surface area contributed by atoms with E-state index in [1.807, 2.05) is 0 Å². The summed E-state index contributed by atoms with van der Waals surface area (Å²) in [5.74, 6) is -2.54. The summed E-state index contributed by atoms with van der Waals surface area (Å²) in [5.41, 5.74) is -3.09. The summed E-state index contributed by atoms with van der Waals surface area (Å²) in [4.78, 5) is 53.6. The van der Waals surface area contributed by atoms with Gasteiger partial charge in [-0.3, -0.25) is 19.6 Å². The summed E-state index contributed by atoms with van der Waals surface area (Å²) in [7, 11) is 0. The van der Waals surface area contributed by atoms with Crippen molar-refractivity contribution < 1.29 is 53.8 Å². The Morgan fingerprint density at radius 2 is 1.98 bits per heavy atom. The van der Waals surface area contributed by atoms with Crippen molar-refractivity contribution in [3.63, 3.8) is 0 Å². The molecule has 7 N–H and O–H groups in total. The Morgan fingerprint density at radius 1 is 1.24 bits per heavy atom. The van der Waals surface area contributed by atoms with Crippen molar-refractivity contribution in [3.8, 4) is 0 Å². The van der Waals surface area contributed by atoms with E-state index in [0.717, 1.165) is 0 Å². The minimum atomic E-state index is -2.01. The Morgan fingerprint density at radius 3 is 2.61 bits per heavy atom. The number of morpholine rings is 1. The van der Waals surface area contributed by atoms with Gasteiger partial charge in [0.1, 0.15) is 17.8 Å². The van der Waals surface area contributed by atoms with Crippen molar-refractivity contribution in [1.82, 2.24) is 30.6 Å². The Kier molecular flexibility index (Phi) is 10.9. The summed E-state index contributed by atoms with van der Waals surface area (Å²) in [6.07, 6.45) is -4.31. The van der Waals surface area contributed by atoms with Crippen molar-refractivity contribution in [3.05, 3.63) is 18.0 Å². The van der Waals surface area contributed by atoms with Crippen molar-refractivity contribution in [1.29, 1.82) is 0 Å². The molecule has 0 aromatic carbocycles. The Bertz CT molecular complexity index is 1240. The number of nitrogens with zero attached hydrogens (tertiary/aromatic N) is 3. The van der Waals surface area contributed by atoms with Gasteiger partial charge >= 0.3 is 12.1 Å². The number of aromatic nitrogens is 2. The highest BCUT2D eigenvalue weighted by atomic mass is 16.6. The molecule has 3 amide bonds. The lowest BCUT2D eigenvalue weighted by Crippen LogP contribution is -2.68. The zero-order chi connectivity index (χ0) is 33.9. The summed E-state index contributed by atoms with van der Waals surface area (Å²) < 4.78 is 17.4. The molecule has 0 bridgehead atoms. The fourth-order valence-electron chi connectivity index (χ4n) is 6.33. The number of carbonyl (C=O) groups excluding carboxylic acids is 3. The van der Waals surface area contributed by atoms with Crippen LogP contribution in [-0.2, 0) is 23.8 Å². The minimum absolute atomic E-state index is 0.128. The van der Waals surface area contributed by atoms with Crippen LogP contribution in [0.15, 0.2) is 12.4 Å². The topological polar surface area (TPSA) is 236 Å². The van der Waals surface area contributed by atoms with Crippen LogP contribution in [-0.4, -0.2) is 157 Å². The highest BCUT2D eigenvalue weighted by Gasteiger charge is 2.55. The zero-order valence-corrected chi connectivity index (χ0v) is 26.6. The van der Waals surface area contributed by atoms with Crippen LogP contribution in [0.1, 0.15) is 57.3 Å². The van der Waals surface area contributed by atoms with Crippen molar-refractivity contribution in [2.45, 2.75) is 94.2 Å². The predicted octanol–water partition coefficient (Wildman–Crippen LogP) is -1.56. The number of rotatable bonds is 10. The van der Waals surface area contributed by atoms with Gasteiger partial charge in [0.05, 0.1) is 48.8 Å². The lowest BCUT2D eigenvalue weighted by atomic mass is 9.81. The molecule has 1 aromatic rings. The van der Waals surface area contributed by atoms with Gasteiger partial charge in [0.2, 0.25) is 5.91 Å². The summed E-state index contributed by atoms with van der Waals surface area (Å²) in [5, 5.41) is 54.7. The van der Waals surface area contributed by atoms with E-state index in [-0.39, 0.29) is 18.5 Å². The van der Waals surface area contributed by atoms with E-state index in [2.05, 4.69) is 25.7 Å². The van der Waals surface area contributed by atoms with Crippen LogP contribution in [0.4, 0.5) is 4.79 Å². The largest absolute Gasteiger partial charge is 0.479 e. The minimum Gasteiger partial charge on any atom is -0.479 e. The number of amides is 3. The Labute approximate surface area is 266 Å². The van der Waals surface area contributed by atoms with Gasteiger partial charge in [-0.05, 0) is 27.2 Å². The molecule has 4 rings (SSSR count). The van der Waals surface area contributed by atoms with Gasteiger partial charge < -0.3 is 50.2 Å². The molecule has 17 nitrogen and oxygen atoms in total. The molecular formula is C29H46N6O11. The maximum absolute atomic E-state index is 12.8. The number of aromatic amines is 1. The summed E-state index contributed by atoms with van der Waals surface area (Å²) >= 11 is 0. The number of aliphatic hydroxyl groups is 3. The molecule has 0 radical (unpaired) electrons. The highest BCUT2D eigenvalue weighted by molar-refractivity contribution is 5.93. The molecule has 46 heavy (non-hydrogen) atoms. The van der Waals surface area contributed by atoms with Crippen LogP contribution < -0.4 is 10.6 Å². The molecule has 0 saturated carbocycles. The molecule has 1 aromatic heterocycles. The molecule has 258 valence electrons. The average Bonchev–Trinajstić information content (AvgIpc) is 3.67. The highest BCUT2D eigenvalue weighted by Crippen LogP contribution is 2.38. The van der Waals surface area contributed by atoms with Gasteiger partial charge in [-0.25, -0.2) is 9.59 Å². The number of carboxylic acid groups (broad SMARTS) is 1. The number of ether oxygens (including phenoxy) is 3. The Hall–Kier alpha value is -3.35. The summed E-state index contributed by atoms with van der Waals surface area (Å²) in [6.45, 7) is 8.19. The van der Waals surface area contributed by atoms with E-state index >= 15 is 0 Å². The second-order valence-electron chi connectivity index (χ2n) is 13.3. The maximum Gasteiger partial charge on any atom is 0.410 e. The third kappa shape index (κ3) is 8.13. The van der Waals surface area contributed by atoms with E-state index < -0.39 is 84.0 Å². The van der Waals surface area contributed by atoms with Gasteiger partial charge in [-0.2, -0.15) is 5.10 Å². The fourth-order valence-corrected chi connectivity index (χ4v) is 6.33. The van der Waals surface area contributed by atoms with Gasteiger partial charge in [-0.1, -0.05) is 0 Å². The molecule has 3 aliphatic rings. The number of hydrogen-bond acceptors (Lipinski definition) is 12. The smallest absolute Gasteiger partial charge is 0.410 e. The van der Waals surface area contributed by atoms with Crippen molar-refractivity contribution in [2.75, 3.05) is 45.9 Å². The number of likely N-dealkylation sites (tertiary alicyclic amines) is 1. The lowest BCUT2D eigenvalue weighted by molar-refractivity contribution is -0.231. The van der Waals surface area contributed by atoms with Gasteiger partial charge in [0, 0.05) is 58.7 Å². The number of carboxylic acids is 1. The van der Waals surface area contributed by atoms with Crippen LogP contribution in [0.3, 0.4) is 0 Å². The molecular weight excluding hydrogens is 608 g/mol. The number of nitrogens with one attached hydrogen (secondary N) is 3. The second-order valence-corrected chi connectivity index (χ2v) is 13.3. The average molecular weight is 655 g/mol. The van der Waals surface area contributed by atoms with Gasteiger partial charge in [0.15, 0.2) is 5.60 Å². The molecule has 3 aliphatic heterocycles. The molecule has 7 atom stereocenters.